The van der Waals surface area contributed by atoms with Crippen LogP contribution in [0.2, 0.25) is 0 Å². The molecule has 2 aromatic carbocycles. The van der Waals surface area contributed by atoms with Crippen molar-refractivity contribution in [2.45, 2.75) is 6.54 Å². The molecule has 0 saturated heterocycles. The number of nitrogens with two attached hydrogens (primary N) is 1. The highest BCUT2D eigenvalue weighted by atomic mass is 32.1. The molecule has 0 spiro atoms. The largest absolute Gasteiger partial charge is 0.496 e. The van der Waals surface area contributed by atoms with Gasteiger partial charge in [-0.05, 0) is 29.7 Å². The number of carbonyl (C=O) groups is 1. The number of carbonyl (C=O) groups excluding carboxylic acids is 1. The molecule has 0 fully saturated rings. The van der Waals surface area contributed by atoms with Crippen LogP contribution in [0.1, 0.15) is 0 Å². The number of fused-ring (bicyclic) bond motifs is 1. The van der Waals surface area contributed by atoms with Crippen LogP contribution in [0.15, 0.2) is 47.3 Å². The number of aromatic amines is 1. The highest BCUT2D eigenvalue weighted by Gasteiger charge is 2.13. The predicted octanol–water partition coefficient (Wildman–Crippen LogP) is 2.22. The second-order valence-corrected chi connectivity index (χ2v) is 5.62. The summed E-state index contributed by atoms with van der Waals surface area (Å²) in [7, 11) is 1.60. The number of nitrogens with zero attached hydrogens (tertiary/aromatic N) is 1. The van der Waals surface area contributed by atoms with E-state index in [2.05, 4.69) is 4.98 Å². The zero-order chi connectivity index (χ0) is 17.3. The van der Waals surface area contributed by atoms with Gasteiger partial charge in [0.05, 0.1) is 12.8 Å². The molecule has 24 heavy (non-hydrogen) atoms. The van der Waals surface area contributed by atoms with Crippen molar-refractivity contribution in [2.24, 2.45) is 5.73 Å². The van der Waals surface area contributed by atoms with Gasteiger partial charge in [-0.25, -0.2) is 0 Å². The minimum absolute atomic E-state index is 0.120. The number of hydrogen-bond donors (Lipinski definition) is 2. The molecular weight excluding hydrogens is 326 g/mol. The van der Waals surface area contributed by atoms with E-state index in [1.165, 1.54) is 10.6 Å². The molecule has 3 rings (SSSR count). The van der Waals surface area contributed by atoms with E-state index in [4.69, 9.17) is 22.7 Å². The van der Waals surface area contributed by atoms with Crippen LogP contribution < -0.4 is 16.0 Å². The minimum atomic E-state index is -0.544. The fraction of sp³-hybridized carbons (Fsp3) is 0.118. The van der Waals surface area contributed by atoms with E-state index in [0.29, 0.717) is 5.69 Å². The van der Waals surface area contributed by atoms with Crippen LogP contribution in [0, 0.1) is 4.77 Å². The highest BCUT2D eigenvalue weighted by Crippen LogP contribution is 2.33. The summed E-state index contributed by atoms with van der Waals surface area (Å²) in [5.41, 5.74) is 6.28. The number of H-pyrrole nitrogens is 1. The SMILES string of the molecule is COc1ccc(-c2cc(=O)[nH]c(=S)n2CC(N)=O)c2ccccc12. The lowest BCUT2D eigenvalue weighted by molar-refractivity contribution is -0.118. The van der Waals surface area contributed by atoms with Crippen LogP contribution in [0.5, 0.6) is 5.75 Å². The summed E-state index contributed by atoms with van der Waals surface area (Å²) in [5.74, 6) is 0.177. The molecule has 0 unspecified atom stereocenters. The first-order valence-corrected chi connectivity index (χ1v) is 7.60. The lowest BCUT2D eigenvalue weighted by Gasteiger charge is -2.15. The lowest BCUT2D eigenvalue weighted by atomic mass is 10.0. The number of nitrogens with one attached hydrogen (secondary N) is 1. The second kappa shape index (κ2) is 6.29. The van der Waals surface area contributed by atoms with Gasteiger partial charge < -0.3 is 15.0 Å². The van der Waals surface area contributed by atoms with Crippen molar-refractivity contribution < 1.29 is 9.53 Å². The first-order valence-electron chi connectivity index (χ1n) is 7.20. The summed E-state index contributed by atoms with van der Waals surface area (Å²) in [6.07, 6.45) is 0. The molecule has 0 aliphatic heterocycles. The average molecular weight is 341 g/mol. The normalized spacial score (nSPS) is 10.7. The summed E-state index contributed by atoms with van der Waals surface area (Å²) in [6, 6.07) is 12.7. The summed E-state index contributed by atoms with van der Waals surface area (Å²) in [4.78, 5) is 25.8. The Bertz CT molecular complexity index is 1050. The minimum Gasteiger partial charge on any atom is -0.496 e. The van der Waals surface area contributed by atoms with E-state index in [1.54, 1.807) is 7.11 Å². The number of primary amides is 1. The first-order chi connectivity index (χ1) is 11.5. The Labute approximate surface area is 142 Å². The van der Waals surface area contributed by atoms with Crippen molar-refractivity contribution in [1.29, 1.82) is 0 Å². The Morgan fingerprint density at radius 2 is 1.96 bits per heavy atom. The van der Waals surface area contributed by atoms with Crippen LogP contribution >= 0.6 is 12.2 Å². The van der Waals surface area contributed by atoms with Gasteiger partial charge in [-0.3, -0.25) is 14.6 Å². The monoisotopic (exact) mass is 341 g/mol. The maximum absolute atomic E-state index is 11.9. The fourth-order valence-electron chi connectivity index (χ4n) is 2.73. The molecule has 3 aromatic rings. The lowest BCUT2D eigenvalue weighted by Crippen LogP contribution is -2.23. The summed E-state index contributed by atoms with van der Waals surface area (Å²) < 4.78 is 7.06. The Balaban J connectivity index is 2.38. The quantitative estimate of drug-likeness (QED) is 0.712. The topological polar surface area (TPSA) is 90.1 Å². The second-order valence-electron chi connectivity index (χ2n) is 5.24. The van der Waals surface area contributed by atoms with Gasteiger partial charge in [-0.15, -0.1) is 0 Å². The van der Waals surface area contributed by atoms with Crippen LogP contribution in [-0.2, 0) is 11.3 Å². The Hall–Kier alpha value is -2.93. The van der Waals surface area contributed by atoms with Gasteiger partial charge in [0.15, 0.2) is 4.77 Å². The van der Waals surface area contributed by atoms with Crippen LogP contribution in [0.3, 0.4) is 0 Å². The summed E-state index contributed by atoms with van der Waals surface area (Å²) in [6.45, 7) is -0.120. The van der Waals surface area contributed by atoms with Gasteiger partial charge in [-0.2, -0.15) is 0 Å². The number of hydrogen-bond acceptors (Lipinski definition) is 4. The fourth-order valence-corrected chi connectivity index (χ4v) is 2.99. The van der Waals surface area contributed by atoms with E-state index < -0.39 is 5.91 Å². The van der Waals surface area contributed by atoms with Crippen molar-refractivity contribution in [3.8, 4) is 17.0 Å². The van der Waals surface area contributed by atoms with Gasteiger partial charge in [-0.1, -0.05) is 24.3 Å². The van der Waals surface area contributed by atoms with Crippen LogP contribution in [-0.4, -0.2) is 22.6 Å². The number of rotatable bonds is 4. The van der Waals surface area contributed by atoms with Crippen molar-refractivity contribution in [3.63, 3.8) is 0 Å². The average Bonchev–Trinajstić information content (AvgIpc) is 2.56. The van der Waals surface area contributed by atoms with Gasteiger partial charge in [0.2, 0.25) is 5.91 Å². The zero-order valence-electron chi connectivity index (χ0n) is 12.9. The van der Waals surface area contributed by atoms with Crippen molar-refractivity contribution >= 4 is 28.9 Å². The van der Waals surface area contributed by atoms with Crippen molar-refractivity contribution in [2.75, 3.05) is 7.11 Å². The number of amides is 1. The summed E-state index contributed by atoms with van der Waals surface area (Å²) in [5, 5.41) is 1.78. The van der Waals surface area contributed by atoms with E-state index in [9.17, 15) is 9.59 Å². The molecule has 0 aliphatic rings. The standard InChI is InChI=1S/C17H15N3O3S/c1-23-14-7-6-11(10-4-2-3-5-12(10)14)13-8-16(22)19-17(24)20(13)9-15(18)21/h2-8H,9H2,1H3,(H2,18,21)(H,19,22,24). The molecule has 0 atom stereocenters. The molecule has 1 aromatic heterocycles. The molecular formula is C17H15N3O3S. The molecule has 1 amide bonds. The van der Waals surface area contributed by atoms with Gasteiger partial charge in [0.1, 0.15) is 12.3 Å². The van der Waals surface area contributed by atoms with E-state index in [-0.39, 0.29) is 16.9 Å². The molecule has 6 nitrogen and oxygen atoms in total. The number of methoxy groups -OCH3 is 1. The van der Waals surface area contributed by atoms with Gasteiger partial charge >= 0.3 is 0 Å². The molecule has 0 bridgehead atoms. The van der Waals surface area contributed by atoms with E-state index in [1.807, 2.05) is 36.4 Å². The number of aromatic nitrogens is 2. The number of benzene rings is 2. The highest BCUT2D eigenvalue weighted by molar-refractivity contribution is 7.71. The van der Waals surface area contributed by atoms with Crippen molar-refractivity contribution in [1.82, 2.24) is 9.55 Å². The maximum Gasteiger partial charge on any atom is 0.252 e. The van der Waals surface area contributed by atoms with Crippen LogP contribution in [0.4, 0.5) is 0 Å². The number of ether oxygens (including phenoxy) is 1. The summed E-state index contributed by atoms with van der Waals surface area (Å²) >= 11 is 5.19. The molecule has 0 saturated carbocycles. The Kier molecular flexibility index (Phi) is 4.18. The third-order valence-electron chi connectivity index (χ3n) is 3.73. The first kappa shape index (κ1) is 15.9. The smallest absolute Gasteiger partial charge is 0.252 e. The third-order valence-corrected chi connectivity index (χ3v) is 4.05. The predicted molar refractivity (Wildman–Crippen MR) is 94.6 cm³/mol. The molecule has 0 radical (unpaired) electrons. The van der Waals surface area contributed by atoms with Crippen molar-refractivity contribution in [3.05, 3.63) is 57.6 Å². The van der Waals surface area contributed by atoms with Crippen LogP contribution in [0.25, 0.3) is 22.0 Å². The third kappa shape index (κ3) is 2.81. The molecule has 0 aliphatic carbocycles. The van der Waals surface area contributed by atoms with Gasteiger partial charge in [0, 0.05) is 17.0 Å². The molecule has 7 heteroatoms. The van der Waals surface area contributed by atoms with E-state index in [0.717, 1.165) is 22.1 Å². The Morgan fingerprint density at radius 3 is 2.62 bits per heavy atom. The maximum atomic E-state index is 11.9. The zero-order valence-corrected chi connectivity index (χ0v) is 13.7. The molecule has 122 valence electrons. The van der Waals surface area contributed by atoms with Gasteiger partial charge in [0.25, 0.3) is 5.56 Å². The molecule has 1 heterocycles. The Morgan fingerprint density at radius 1 is 1.25 bits per heavy atom. The van der Waals surface area contributed by atoms with E-state index >= 15 is 0 Å². The molecule has 3 N–H and O–H groups in total.